The molecule has 1 amide bonds. The van der Waals surface area contributed by atoms with Gasteiger partial charge in [0.2, 0.25) is 5.95 Å². The Kier molecular flexibility index (Phi) is 4.77. The predicted molar refractivity (Wildman–Crippen MR) is 92.8 cm³/mol. The first-order chi connectivity index (χ1) is 11.6. The van der Waals surface area contributed by atoms with Gasteiger partial charge in [-0.2, -0.15) is 0 Å². The normalized spacial score (nSPS) is 10.5. The van der Waals surface area contributed by atoms with Gasteiger partial charge in [-0.3, -0.25) is 9.36 Å². The first-order valence-corrected chi connectivity index (χ1v) is 7.91. The van der Waals surface area contributed by atoms with E-state index in [0.29, 0.717) is 26.9 Å². The van der Waals surface area contributed by atoms with Crippen LogP contribution in [-0.4, -0.2) is 32.5 Å². The summed E-state index contributed by atoms with van der Waals surface area (Å²) in [6.07, 6.45) is 6.34. The number of carbonyl (C=O) groups excluding carboxylic acids is 1. The Morgan fingerprint density at radius 3 is 2.96 bits per heavy atom. The highest BCUT2D eigenvalue weighted by Gasteiger charge is 2.16. The van der Waals surface area contributed by atoms with Crippen molar-refractivity contribution in [3.05, 3.63) is 58.3 Å². The van der Waals surface area contributed by atoms with E-state index >= 15 is 0 Å². The minimum absolute atomic E-state index is 0.177. The highest BCUT2D eigenvalue weighted by atomic mass is 79.9. The first kappa shape index (κ1) is 16.4. The van der Waals surface area contributed by atoms with Gasteiger partial charge >= 0.3 is 0 Å². The van der Waals surface area contributed by atoms with Gasteiger partial charge in [0.05, 0.1) is 17.3 Å². The summed E-state index contributed by atoms with van der Waals surface area (Å²) in [5, 5.41) is 3.22. The van der Waals surface area contributed by atoms with E-state index in [1.807, 2.05) is 0 Å². The summed E-state index contributed by atoms with van der Waals surface area (Å²) in [7, 11) is 1.51. The molecule has 2 aromatic heterocycles. The van der Waals surface area contributed by atoms with Gasteiger partial charge in [0.25, 0.3) is 5.91 Å². The van der Waals surface area contributed by atoms with Crippen molar-refractivity contribution < 1.29 is 9.53 Å². The molecule has 0 saturated carbocycles. The zero-order valence-corrected chi connectivity index (χ0v) is 14.7. The molecule has 1 aromatic carbocycles. The lowest BCUT2D eigenvalue weighted by molar-refractivity contribution is 0.102. The van der Waals surface area contributed by atoms with E-state index in [2.05, 4.69) is 36.2 Å². The molecule has 0 saturated heterocycles. The SMILES string of the molecule is COc1ccc(Cl)cc1NC(=O)c1nc(-n2ccnc2)ncc1Br. The van der Waals surface area contributed by atoms with Crippen LogP contribution in [0.15, 0.2) is 47.6 Å². The zero-order valence-electron chi connectivity index (χ0n) is 12.4. The van der Waals surface area contributed by atoms with Gasteiger partial charge in [-0.25, -0.2) is 15.0 Å². The van der Waals surface area contributed by atoms with Crippen LogP contribution in [-0.2, 0) is 0 Å². The van der Waals surface area contributed by atoms with Crippen molar-refractivity contribution in [3.8, 4) is 11.7 Å². The molecule has 2 heterocycles. The number of anilines is 1. The van der Waals surface area contributed by atoms with Gasteiger partial charge in [0.15, 0.2) is 0 Å². The second kappa shape index (κ2) is 6.98. The van der Waals surface area contributed by atoms with E-state index in [1.165, 1.54) is 13.3 Å². The molecule has 24 heavy (non-hydrogen) atoms. The lowest BCUT2D eigenvalue weighted by Gasteiger charge is -2.11. The number of imidazole rings is 1. The molecule has 7 nitrogen and oxygen atoms in total. The molecular formula is C15H11BrClN5O2. The van der Waals surface area contributed by atoms with Gasteiger partial charge in [-0.05, 0) is 34.1 Å². The van der Waals surface area contributed by atoms with Crippen molar-refractivity contribution in [1.82, 2.24) is 19.5 Å². The molecule has 0 aliphatic heterocycles. The molecule has 1 N–H and O–H groups in total. The maximum absolute atomic E-state index is 12.6. The van der Waals surface area contributed by atoms with E-state index in [1.54, 1.807) is 41.5 Å². The van der Waals surface area contributed by atoms with Gasteiger partial charge in [0.1, 0.15) is 17.8 Å². The number of nitrogens with one attached hydrogen (secondary N) is 1. The molecule has 122 valence electrons. The number of hydrogen-bond acceptors (Lipinski definition) is 5. The third-order valence-corrected chi connectivity index (χ3v) is 3.91. The number of carbonyl (C=O) groups is 1. The first-order valence-electron chi connectivity index (χ1n) is 6.74. The number of nitrogens with zero attached hydrogens (tertiary/aromatic N) is 4. The van der Waals surface area contributed by atoms with Crippen LogP contribution in [0.2, 0.25) is 5.02 Å². The van der Waals surface area contributed by atoms with Crippen LogP contribution >= 0.6 is 27.5 Å². The zero-order chi connectivity index (χ0) is 17.1. The minimum Gasteiger partial charge on any atom is -0.495 e. The number of aromatic nitrogens is 4. The number of methoxy groups -OCH3 is 1. The van der Waals surface area contributed by atoms with Crippen molar-refractivity contribution in [2.45, 2.75) is 0 Å². The van der Waals surface area contributed by atoms with Crippen LogP contribution in [0.3, 0.4) is 0 Å². The number of hydrogen-bond donors (Lipinski definition) is 1. The van der Waals surface area contributed by atoms with Crippen LogP contribution in [0, 0.1) is 0 Å². The fraction of sp³-hybridized carbons (Fsp3) is 0.0667. The van der Waals surface area contributed by atoms with Gasteiger partial charge < -0.3 is 10.1 Å². The lowest BCUT2D eigenvalue weighted by Crippen LogP contribution is -2.17. The second-order valence-corrected chi connectivity index (χ2v) is 5.93. The summed E-state index contributed by atoms with van der Waals surface area (Å²) in [6, 6.07) is 4.95. The molecular weight excluding hydrogens is 398 g/mol. The summed E-state index contributed by atoms with van der Waals surface area (Å²) in [6.45, 7) is 0. The van der Waals surface area contributed by atoms with Gasteiger partial charge in [0, 0.05) is 23.6 Å². The molecule has 0 fully saturated rings. The molecule has 0 atom stereocenters. The Balaban J connectivity index is 1.93. The highest BCUT2D eigenvalue weighted by molar-refractivity contribution is 9.10. The number of rotatable bonds is 4. The molecule has 0 aliphatic carbocycles. The Labute approximate surface area is 150 Å². The topological polar surface area (TPSA) is 81.9 Å². The molecule has 3 rings (SSSR count). The predicted octanol–water partition coefficient (Wildman–Crippen LogP) is 3.34. The third kappa shape index (κ3) is 3.39. The number of amides is 1. The monoisotopic (exact) mass is 407 g/mol. The standard InChI is InChI=1S/C15H11BrClN5O2/c1-24-12-3-2-9(17)6-11(12)20-14(23)13-10(16)7-19-15(21-13)22-5-4-18-8-22/h2-8H,1H3,(H,20,23). The van der Waals surface area contributed by atoms with Crippen LogP contribution in [0.1, 0.15) is 10.5 Å². The van der Waals surface area contributed by atoms with Gasteiger partial charge in [-0.1, -0.05) is 11.6 Å². The Bertz CT molecular complexity index is 886. The average Bonchev–Trinajstić information content (AvgIpc) is 3.10. The van der Waals surface area contributed by atoms with Crippen LogP contribution in [0.25, 0.3) is 5.95 Å². The lowest BCUT2D eigenvalue weighted by atomic mass is 10.2. The van der Waals surface area contributed by atoms with Crippen molar-refractivity contribution in [3.63, 3.8) is 0 Å². The molecule has 0 aliphatic rings. The Hall–Kier alpha value is -2.45. The molecule has 0 bridgehead atoms. The van der Waals surface area contributed by atoms with Crippen LogP contribution in [0.5, 0.6) is 5.75 Å². The fourth-order valence-corrected chi connectivity index (χ4v) is 2.52. The molecule has 3 aromatic rings. The summed E-state index contributed by atoms with van der Waals surface area (Å²) in [4.78, 5) is 24.9. The van der Waals surface area contributed by atoms with Gasteiger partial charge in [-0.15, -0.1) is 0 Å². The molecule has 0 unspecified atom stereocenters. The van der Waals surface area contributed by atoms with Crippen molar-refractivity contribution in [2.75, 3.05) is 12.4 Å². The van der Waals surface area contributed by atoms with Crippen molar-refractivity contribution in [2.24, 2.45) is 0 Å². The summed E-state index contributed by atoms with van der Waals surface area (Å²) >= 11 is 9.27. The van der Waals surface area contributed by atoms with Crippen molar-refractivity contribution >= 4 is 39.1 Å². The summed E-state index contributed by atoms with van der Waals surface area (Å²) < 4.78 is 7.28. The minimum atomic E-state index is -0.425. The van der Waals surface area contributed by atoms with E-state index in [4.69, 9.17) is 16.3 Å². The smallest absolute Gasteiger partial charge is 0.275 e. The summed E-state index contributed by atoms with van der Waals surface area (Å²) in [5.74, 6) is 0.401. The average molecular weight is 409 g/mol. The number of ether oxygens (including phenoxy) is 1. The van der Waals surface area contributed by atoms with E-state index in [-0.39, 0.29) is 5.69 Å². The maximum atomic E-state index is 12.6. The van der Waals surface area contributed by atoms with E-state index in [0.717, 1.165) is 0 Å². The summed E-state index contributed by atoms with van der Waals surface area (Å²) in [5.41, 5.74) is 0.625. The number of halogens is 2. The van der Waals surface area contributed by atoms with Crippen molar-refractivity contribution in [1.29, 1.82) is 0 Å². The molecule has 0 spiro atoms. The molecule has 0 radical (unpaired) electrons. The second-order valence-electron chi connectivity index (χ2n) is 4.64. The van der Waals surface area contributed by atoms with Crippen LogP contribution in [0.4, 0.5) is 5.69 Å². The Morgan fingerprint density at radius 1 is 1.42 bits per heavy atom. The Morgan fingerprint density at radius 2 is 2.25 bits per heavy atom. The largest absolute Gasteiger partial charge is 0.495 e. The highest BCUT2D eigenvalue weighted by Crippen LogP contribution is 2.28. The van der Waals surface area contributed by atoms with Crippen LogP contribution < -0.4 is 10.1 Å². The third-order valence-electron chi connectivity index (χ3n) is 3.09. The fourth-order valence-electron chi connectivity index (χ4n) is 1.98. The molecule has 9 heteroatoms. The number of benzene rings is 1. The van der Waals surface area contributed by atoms with E-state index in [9.17, 15) is 4.79 Å². The quantitative estimate of drug-likeness (QED) is 0.716. The van der Waals surface area contributed by atoms with E-state index < -0.39 is 5.91 Å². The maximum Gasteiger partial charge on any atom is 0.275 e.